The lowest BCUT2D eigenvalue weighted by molar-refractivity contribution is 0.208. The van der Waals surface area contributed by atoms with Crippen LogP contribution in [0.2, 0.25) is 0 Å². The van der Waals surface area contributed by atoms with Gasteiger partial charge in [0.1, 0.15) is 5.75 Å². The van der Waals surface area contributed by atoms with E-state index in [1.807, 2.05) is 6.07 Å². The van der Waals surface area contributed by atoms with Crippen LogP contribution in [0.3, 0.4) is 0 Å². The van der Waals surface area contributed by atoms with Crippen LogP contribution in [-0.4, -0.2) is 37.5 Å². The van der Waals surface area contributed by atoms with Gasteiger partial charge in [0.25, 0.3) is 0 Å². The predicted molar refractivity (Wildman–Crippen MR) is 76.7 cm³/mol. The number of halogens is 1. The van der Waals surface area contributed by atoms with Crippen LogP contribution in [0.1, 0.15) is 30.7 Å². The quantitative estimate of drug-likeness (QED) is 0.757. The van der Waals surface area contributed by atoms with E-state index in [9.17, 15) is 0 Å². The van der Waals surface area contributed by atoms with Crippen LogP contribution in [-0.2, 0) is 0 Å². The fourth-order valence-corrected chi connectivity index (χ4v) is 2.83. The maximum atomic E-state index is 5.77. The summed E-state index contributed by atoms with van der Waals surface area (Å²) >= 11 is 5.77. The molecule has 2 rings (SSSR count). The van der Waals surface area contributed by atoms with Crippen molar-refractivity contribution in [3.05, 3.63) is 29.8 Å². The van der Waals surface area contributed by atoms with Crippen molar-refractivity contribution >= 4 is 11.6 Å². The van der Waals surface area contributed by atoms with Gasteiger partial charge in [-0.3, -0.25) is 0 Å². The van der Waals surface area contributed by atoms with Crippen molar-refractivity contribution in [1.29, 1.82) is 0 Å². The number of nitrogens with zero attached hydrogens (tertiary/aromatic N) is 1. The number of hydrogen-bond acceptors (Lipinski definition) is 2. The Labute approximate surface area is 115 Å². The van der Waals surface area contributed by atoms with Crippen molar-refractivity contribution in [2.75, 3.05) is 32.6 Å². The third-order valence-corrected chi connectivity index (χ3v) is 3.95. The predicted octanol–water partition coefficient (Wildman–Crippen LogP) is 3.50. The zero-order valence-electron chi connectivity index (χ0n) is 11.1. The first-order valence-corrected chi connectivity index (χ1v) is 7.29. The molecule has 0 radical (unpaired) electrons. The molecule has 0 spiro atoms. The summed E-state index contributed by atoms with van der Waals surface area (Å²) in [5.41, 5.74) is 1.41. The number of hydrogen-bond donors (Lipinski definition) is 0. The molecule has 0 N–H and O–H groups in total. The summed E-state index contributed by atoms with van der Waals surface area (Å²) in [5.74, 6) is 2.37. The smallest absolute Gasteiger partial charge is 0.119 e. The summed E-state index contributed by atoms with van der Waals surface area (Å²) in [4.78, 5) is 2.54. The van der Waals surface area contributed by atoms with Crippen molar-refractivity contribution < 1.29 is 4.74 Å². The molecule has 0 aromatic heterocycles. The minimum absolute atomic E-state index is 0.643. The molecular weight excluding hydrogens is 246 g/mol. The molecule has 0 saturated carbocycles. The lowest BCUT2D eigenvalue weighted by Gasteiger charge is -2.33. The largest absolute Gasteiger partial charge is 0.497 e. The van der Waals surface area contributed by atoms with E-state index in [0.717, 1.165) is 31.1 Å². The average Bonchev–Trinajstić information content (AvgIpc) is 2.45. The summed E-state index contributed by atoms with van der Waals surface area (Å²) in [6, 6.07) is 8.50. The Morgan fingerprint density at radius 1 is 1.44 bits per heavy atom. The molecular formula is C15H22ClNO. The molecule has 1 saturated heterocycles. The lowest BCUT2D eigenvalue weighted by atomic mass is 9.90. The van der Waals surface area contributed by atoms with Crippen molar-refractivity contribution in [1.82, 2.24) is 4.90 Å². The number of benzene rings is 1. The van der Waals surface area contributed by atoms with Crippen LogP contribution in [0.4, 0.5) is 0 Å². The van der Waals surface area contributed by atoms with E-state index in [-0.39, 0.29) is 0 Å². The van der Waals surface area contributed by atoms with Gasteiger partial charge in [0.05, 0.1) is 7.11 Å². The molecule has 1 aromatic rings. The van der Waals surface area contributed by atoms with Gasteiger partial charge in [0, 0.05) is 12.4 Å². The third kappa shape index (κ3) is 3.63. The first-order chi connectivity index (χ1) is 8.83. The summed E-state index contributed by atoms with van der Waals surface area (Å²) in [6.45, 7) is 3.51. The van der Waals surface area contributed by atoms with Crippen LogP contribution in [0.15, 0.2) is 24.3 Å². The summed E-state index contributed by atoms with van der Waals surface area (Å²) in [7, 11) is 1.73. The number of methoxy groups -OCH3 is 1. The Morgan fingerprint density at radius 3 is 3.11 bits per heavy atom. The number of rotatable bonds is 5. The normalized spacial score (nSPS) is 20.9. The summed E-state index contributed by atoms with van der Waals surface area (Å²) < 4.78 is 5.31. The fraction of sp³-hybridized carbons (Fsp3) is 0.600. The summed E-state index contributed by atoms with van der Waals surface area (Å²) in [6.07, 6.45) is 3.65. The minimum atomic E-state index is 0.643. The van der Waals surface area contributed by atoms with E-state index in [0.29, 0.717) is 5.92 Å². The van der Waals surface area contributed by atoms with Crippen molar-refractivity contribution in [2.24, 2.45) is 0 Å². The van der Waals surface area contributed by atoms with Crippen LogP contribution in [0.25, 0.3) is 0 Å². The molecule has 1 aliphatic rings. The van der Waals surface area contributed by atoms with E-state index in [1.165, 1.54) is 24.9 Å². The second-order valence-electron chi connectivity index (χ2n) is 4.96. The Balaban J connectivity index is 1.98. The van der Waals surface area contributed by atoms with Gasteiger partial charge in [-0.1, -0.05) is 12.1 Å². The average molecular weight is 268 g/mol. The molecule has 1 heterocycles. The van der Waals surface area contributed by atoms with Crippen LogP contribution < -0.4 is 4.74 Å². The molecule has 1 atom stereocenters. The fourth-order valence-electron chi connectivity index (χ4n) is 2.71. The zero-order valence-corrected chi connectivity index (χ0v) is 11.8. The van der Waals surface area contributed by atoms with Crippen molar-refractivity contribution in [2.45, 2.75) is 25.2 Å². The van der Waals surface area contributed by atoms with Gasteiger partial charge in [-0.2, -0.15) is 0 Å². The van der Waals surface area contributed by atoms with Gasteiger partial charge in [-0.05, 0) is 56.0 Å². The van der Waals surface area contributed by atoms with Gasteiger partial charge in [-0.15, -0.1) is 11.6 Å². The Hall–Kier alpha value is -0.730. The van der Waals surface area contributed by atoms with Gasteiger partial charge >= 0.3 is 0 Å². The lowest BCUT2D eigenvalue weighted by Crippen LogP contribution is -2.35. The van der Waals surface area contributed by atoms with Crippen LogP contribution in [0, 0.1) is 0 Å². The van der Waals surface area contributed by atoms with Crippen molar-refractivity contribution in [3.63, 3.8) is 0 Å². The van der Waals surface area contributed by atoms with E-state index in [2.05, 4.69) is 23.1 Å². The number of ether oxygens (including phenoxy) is 1. The van der Waals surface area contributed by atoms with E-state index >= 15 is 0 Å². The van der Waals surface area contributed by atoms with Gasteiger partial charge < -0.3 is 9.64 Å². The first kappa shape index (κ1) is 13.7. The summed E-state index contributed by atoms with van der Waals surface area (Å²) in [5, 5.41) is 0. The zero-order chi connectivity index (χ0) is 12.8. The molecule has 1 aliphatic heterocycles. The third-order valence-electron chi connectivity index (χ3n) is 3.68. The highest BCUT2D eigenvalue weighted by Crippen LogP contribution is 2.29. The topological polar surface area (TPSA) is 12.5 Å². The Bertz CT molecular complexity index is 369. The maximum Gasteiger partial charge on any atom is 0.119 e. The van der Waals surface area contributed by atoms with Gasteiger partial charge in [0.15, 0.2) is 0 Å². The number of alkyl halides is 1. The second-order valence-corrected chi connectivity index (χ2v) is 5.34. The van der Waals surface area contributed by atoms with Crippen molar-refractivity contribution in [3.8, 4) is 5.75 Å². The molecule has 0 amide bonds. The van der Waals surface area contributed by atoms with Gasteiger partial charge in [0.2, 0.25) is 0 Å². The molecule has 3 heteroatoms. The second kappa shape index (κ2) is 7.01. The highest BCUT2D eigenvalue weighted by atomic mass is 35.5. The highest BCUT2D eigenvalue weighted by Gasteiger charge is 2.21. The maximum absolute atomic E-state index is 5.77. The molecule has 0 bridgehead atoms. The first-order valence-electron chi connectivity index (χ1n) is 6.75. The standard InChI is InChI=1S/C15H22ClNO/c1-18-15-7-2-5-13(11-15)14-6-3-9-17(12-14)10-4-8-16/h2,5,7,11,14H,3-4,6,8-10,12H2,1H3. The number of piperidine rings is 1. The number of likely N-dealkylation sites (tertiary alicyclic amines) is 1. The van der Waals surface area contributed by atoms with E-state index < -0.39 is 0 Å². The molecule has 1 unspecified atom stereocenters. The van der Waals surface area contributed by atoms with Crippen LogP contribution >= 0.6 is 11.6 Å². The van der Waals surface area contributed by atoms with Gasteiger partial charge in [-0.25, -0.2) is 0 Å². The molecule has 1 aromatic carbocycles. The minimum Gasteiger partial charge on any atom is -0.497 e. The SMILES string of the molecule is COc1cccc(C2CCCN(CCCCl)C2)c1. The van der Waals surface area contributed by atoms with Crippen LogP contribution in [0.5, 0.6) is 5.75 Å². The highest BCUT2D eigenvalue weighted by molar-refractivity contribution is 6.17. The molecule has 2 nitrogen and oxygen atoms in total. The van der Waals surface area contributed by atoms with E-state index in [1.54, 1.807) is 7.11 Å². The Kier molecular flexibility index (Phi) is 5.33. The van der Waals surface area contributed by atoms with E-state index in [4.69, 9.17) is 16.3 Å². The monoisotopic (exact) mass is 267 g/mol. The molecule has 0 aliphatic carbocycles. The molecule has 100 valence electrons. The molecule has 18 heavy (non-hydrogen) atoms. The Morgan fingerprint density at radius 2 is 2.33 bits per heavy atom. The molecule has 1 fully saturated rings.